The summed E-state index contributed by atoms with van der Waals surface area (Å²) in [6, 6.07) is 3.57. The Hall–Kier alpha value is -1.89. The Morgan fingerprint density at radius 1 is 1.33 bits per heavy atom. The summed E-state index contributed by atoms with van der Waals surface area (Å²) in [5.41, 5.74) is 0.305. The van der Waals surface area contributed by atoms with Crippen LogP contribution in [0.5, 0.6) is 5.75 Å². The Morgan fingerprint density at radius 3 is 2.95 bits per heavy atom. The Bertz CT molecular complexity index is 744. The molecule has 0 spiro atoms. The first kappa shape index (κ1) is 14.1. The molecule has 0 unspecified atom stereocenters. The highest BCUT2D eigenvalue weighted by Crippen LogP contribution is 2.12. The van der Waals surface area contributed by atoms with Crippen molar-refractivity contribution in [1.29, 1.82) is 0 Å². The van der Waals surface area contributed by atoms with Gasteiger partial charge in [-0.15, -0.1) is 0 Å². The number of carbonyl (C=O) groups is 1. The molecule has 1 saturated heterocycles. The molecule has 110 valence electrons. The van der Waals surface area contributed by atoms with Crippen LogP contribution in [0.15, 0.2) is 33.8 Å². The van der Waals surface area contributed by atoms with Gasteiger partial charge in [-0.2, -0.15) is 0 Å². The van der Waals surface area contributed by atoms with E-state index >= 15 is 0 Å². The molecule has 1 aliphatic rings. The van der Waals surface area contributed by atoms with Gasteiger partial charge < -0.3 is 9.64 Å². The normalized spacial score (nSPS) is 14.9. The Balaban J connectivity index is 1.73. The topological polar surface area (TPSA) is 63.9 Å². The van der Waals surface area contributed by atoms with Crippen molar-refractivity contribution in [3.8, 4) is 5.75 Å². The summed E-state index contributed by atoms with van der Waals surface area (Å²) >= 11 is 3.32. The highest BCUT2D eigenvalue weighted by Gasteiger charge is 2.19. The van der Waals surface area contributed by atoms with E-state index in [2.05, 4.69) is 20.9 Å². The summed E-state index contributed by atoms with van der Waals surface area (Å²) in [7, 11) is 0. The number of pyridine rings is 1. The van der Waals surface area contributed by atoms with E-state index < -0.39 is 0 Å². The monoisotopic (exact) mass is 351 g/mol. The molecule has 3 rings (SSSR count). The van der Waals surface area contributed by atoms with Crippen molar-refractivity contribution in [2.24, 2.45) is 0 Å². The zero-order valence-corrected chi connectivity index (χ0v) is 12.9. The number of nitrogens with zero attached hydrogens (tertiary/aromatic N) is 3. The van der Waals surface area contributed by atoms with Crippen LogP contribution >= 0.6 is 15.9 Å². The fourth-order valence-corrected chi connectivity index (χ4v) is 2.68. The molecule has 3 heterocycles. The van der Waals surface area contributed by atoms with Crippen molar-refractivity contribution < 1.29 is 9.53 Å². The van der Waals surface area contributed by atoms with Gasteiger partial charge in [-0.1, -0.05) is 0 Å². The minimum atomic E-state index is -0.256. The molecule has 7 heteroatoms. The van der Waals surface area contributed by atoms with Crippen molar-refractivity contribution in [3.05, 3.63) is 39.4 Å². The number of amides is 1. The number of hydrogen-bond acceptors (Lipinski definition) is 4. The van der Waals surface area contributed by atoms with Crippen LogP contribution in [0.3, 0.4) is 0 Å². The predicted molar refractivity (Wildman–Crippen MR) is 80.5 cm³/mol. The summed E-state index contributed by atoms with van der Waals surface area (Å²) in [5, 5.41) is 0. The van der Waals surface area contributed by atoms with Crippen LogP contribution in [0, 0.1) is 0 Å². The lowest BCUT2D eigenvalue weighted by Crippen LogP contribution is -2.30. The van der Waals surface area contributed by atoms with E-state index in [0.717, 1.165) is 17.4 Å². The third kappa shape index (κ3) is 2.92. The van der Waals surface area contributed by atoms with Crippen LogP contribution in [0.2, 0.25) is 0 Å². The summed E-state index contributed by atoms with van der Waals surface area (Å²) in [6.07, 6.45) is 4.58. The SMILES string of the molecule is O=C1CCCN1CCOc1cnc2ccc(Br)cn2c1=O. The van der Waals surface area contributed by atoms with Crippen molar-refractivity contribution in [2.45, 2.75) is 12.8 Å². The van der Waals surface area contributed by atoms with E-state index in [0.29, 0.717) is 25.2 Å². The maximum absolute atomic E-state index is 12.3. The number of carbonyl (C=O) groups excluding carboxylic acids is 1. The molecule has 0 aliphatic carbocycles. The van der Waals surface area contributed by atoms with E-state index in [-0.39, 0.29) is 17.2 Å². The minimum Gasteiger partial charge on any atom is -0.485 e. The van der Waals surface area contributed by atoms with Gasteiger partial charge in [-0.3, -0.25) is 14.0 Å². The molecular weight excluding hydrogens is 338 g/mol. The molecule has 0 bridgehead atoms. The Kier molecular flexibility index (Phi) is 3.92. The van der Waals surface area contributed by atoms with Gasteiger partial charge in [0.15, 0.2) is 0 Å². The Morgan fingerprint density at radius 2 is 2.19 bits per heavy atom. The van der Waals surface area contributed by atoms with Gasteiger partial charge in [-0.05, 0) is 34.5 Å². The van der Waals surface area contributed by atoms with Gasteiger partial charge in [0.2, 0.25) is 11.7 Å². The van der Waals surface area contributed by atoms with E-state index in [1.54, 1.807) is 17.2 Å². The molecule has 0 saturated carbocycles. The minimum absolute atomic E-state index is 0.149. The number of aromatic nitrogens is 2. The van der Waals surface area contributed by atoms with Crippen LogP contribution in [-0.4, -0.2) is 39.9 Å². The summed E-state index contributed by atoms with van der Waals surface area (Å²) < 4.78 is 7.71. The van der Waals surface area contributed by atoms with Gasteiger partial charge in [-0.25, -0.2) is 4.98 Å². The zero-order chi connectivity index (χ0) is 14.8. The molecule has 2 aromatic heterocycles. The van der Waals surface area contributed by atoms with Gasteiger partial charge in [0.05, 0.1) is 12.7 Å². The highest BCUT2D eigenvalue weighted by atomic mass is 79.9. The lowest BCUT2D eigenvalue weighted by atomic mass is 10.4. The fourth-order valence-electron chi connectivity index (χ4n) is 2.34. The third-order valence-electron chi connectivity index (χ3n) is 3.42. The molecule has 1 amide bonds. The summed E-state index contributed by atoms with van der Waals surface area (Å²) in [6.45, 7) is 1.56. The molecule has 0 aromatic carbocycles. The molecule has 21 heavy (non-hydrogen) atoms. The number of halogens is 1. The smallest absolute Gasteiger partial charge is 0.300 e. The van der Waals surface area contributed by atoms with Crippen LogP contribution in [-0.2, 0) is 4.79 Å². The second kappa shape index (κ2) is 5.85. The molecule has 0 N–H and O–H groups in total. The van der Waals surface area contributed by atoms with Crippen molar-refractivity contribution in [3.63, 3.8) is 0 Å². The summed E-state index contributed by atoms with van der Waals surface area (Å²) in [4.78, 5) is 29.7. The number of ether oxygens (including phenoxy) is 1. The maximum atomic E-state index is 12.3. The number of likely N-dealkylation sites (tertiary alicyclic amines) is 1. The van der Waals surface area contributed by atoms with Gasteiger partial charge in [0.25, 0.3) is 5.56 Å². The standard InChI is InChI=1S/C14H14BrN3O3/c15-10-3-4-12-16-8-11(14(20)18(12)9-10)21-7-6-17-5-1-2-13(17)19/h3-4,8-9H,1-2,5-7H2. The molecule has 1 aliphatic heterocycles. The van der Waals surface area contributed by atoms with Crippen LogP contribution in [0.1, 0.15) is 12.8 Å². The predicted octanol–water partition coefficient (Wildman–Crippen LogP) is 1.46. The largest absolute Gasteiger partial charge is 0.485 e. The molecule has 1 fully saturated rings. The molecule has 0 atom stereocenters. The molecular formula is C14H14BrN3O3. The van der Waals surface area contributed by atoms with Crippen molar-refractivity contribution in [1.82, 2.24) is 14.3 Å². The number of rotatable bonds is 4. The highest BCUT2D eigenvalue weighted by molar-refractivity contribution is 9.10. The van der Waals surface area contributed by atoms with Crippen LogP contribution < -0.4 is 10.3 Å². The summed E-state index contributed by atoms with van der Waals surface area (Å²) in [5.74, 6) is 0.341. The number of fused-ring (bicyclic) bond motifs is 1. The third-order valence-corrected chi connectivity index (χ3v) is 3.89. The maximum Gasteiger partial charge on any atom is 0.300 e. The first-order valence-corrected chi connectivity index (χ1v) is 7.52. The number of hydrogen-bond donors (Lipinski definition) is 0. The average molecular weight is 352 g/mol. The lowest BCUT2D eigenvalue weighted by Gasteiger charge is -2.15. The second-order valence-electron chi connectivity index (χ2n) is 4.84. The lowest BCUT2D eigenvalue weighted by molar-refractivity contribution is -0.128. The van der Waals surface area contributed by atoms with Gasteiger partial charge in [0, 0.05) is 23.6 Å². The van der Waals surface area contributed by atoms with E-state index in [1.807, 2.05) is 6.07 Å². The first-order chi connectivity index (χ1) is 10.1. The van der Waals surface area contributed by atoms with E-state index in [4.69, 9.17) is 4.74 Å². The van der Waals surface area contributed by atoms with Gasteiger partial charge in [0.1, 0.15) is 12.3 Å². The van der Waals surface area contributed by atoms with Crippen LogP contribution in [0.25, 0.3) is 5.65 Å². The van der Waals surface area contributed by atoms with Gasteiger partial charge >= 0.3 is 0 Å². The molecule has 2 aromatic rings. The van der Waals surface area contributed by atoms with E-state index in [9.17, 15) is 9.59 Å². The first-order valence-electron chi connectivity index (χ1n) is 6.72. The van der Waals surface area contributed by atoms with Crippen molar-refractivity contribution in [2.75, 3.05) is 19.7 Å². The molecule has 0 radical (unpaired) electrons. The second-order valence-corrected chi connectivity index (χ2v) is 5.75. The Labute approximate surface area is 129 Å². The van der Waals surface area contributed by atoms with Crippen LogP contribution in [0.4, 0.5) is 0 Å². The molecule has 6 nitrogen and oxygen atoms in total. The fraction of sp³-hybridized carbons (Fsp3) is 0.357. The quantitative estimate of drug-likeness (QED) is 0.836. The average Bonchev–Trinajstić information content (AvgIpc) is 2.87. The zero-order valence-electron chi connectivity index (χ0n) is 11.3. The van der Waals surface area contributed by atoms with E-state index in [1.165, 1.54) is 10.6 Å². The van der Waals surface area contributed by atoms with Crippen molar-refractivity contribution >= 4 is 27.5 Å².